The van der Waals surface area contributed by atoms with E-state index in [-0.39, 0.29) is 119 Å². The van der Waals surface area contributed by atoms with Crippen molar-refractivity contribution >= 4 is 52.1 Å². The molecule has 3 saturated heterocycles. The lowest BCUT2D eigenvalue weighted by Crippen LogP contribution is -2.57. The number of nitrogens with zero attached hydrogens (tertiary/aromatic N) is 5. The zero-order valence-electron chi connectivity index (χ0n) is 42.9. The van der Waals surface area contributed by atoms with Crippen molar-refractivity contribution < 1.29 is 51.3 Å². The number of carbonyl (C=O) groups is 4. The molecule has 1 aliphatic carbocycles. The van der Waals surface area contributed by atoms with Crippen LogP contribution in [0.3, 0.4) is 0 Å². The van der Waals surface area contributed by atoms with Gasteiger partial charge in [0.05, 0.1) is 22.6 Å². The third-order valence-electron chi connectivity index (χ3n) is 16.8. The van der Waals surface area contributed by atoms with Gasteiger partial charge in [-0.25, -0.2) is 22.4 Å². The first kappa shape index (κ1) is 53.1. The van der Waals surface area contributed by atoms with Crippen LogP contribution in [0.5, 0.6) is 11.5 Å². The molecule has 15 nitrogen and oxygen atoms in total. The molecule has 0 bridgehead atoms. The highest BCUT2D eigenvalue weighted by molar-refractivity contribution is 6.34. The van der Waals surface area contributed by atoms with Crippen molar-refractivity contribution in [3.8, 4) is 22.6 Å². The Morgan fingerprint density at radius 1 is 0.908 bits per heavy atom. The number of hydrogen-bond donors (Lipinski definition) is 4. The number of halogens is 5. The number of ether oxygens (including phenoxy) is 2. The normalized spacial score (nSPS) is 25.4. The Morgan fingerprint density at radius 2 is 1.61 bits per heavy atom. The van der Waals surface area contributed by atoms with Crippen LogP contribution in [-0.2, 0) is 22.2 Å². The topological polar surface area (TPSA) is 185 Å². The lowest BCUT2D eigenvalue weighted by Gasteiger charge is -2.49. The number of piperidine rings is 2. The van der Waals surface area contributed by atoms with Crippen molar-refractivity contribution in [2.75, 3.05) is 44.3 Å². The SMILES string of the molecule is C[C@@H]1CC(N2CCC(c3c(F)cc4c(N5CCC(=O)NC5=O)nn(C)c4c3F)CC2)C[C@@H](C)N1C(=O)C1CCC(NC[C@]2(c3ccccc3)Oc3cc(F)c(Cl)c(-c4c(C(N)=O)ccc(OCCO)c4F)c3[C@@H]2C)CC1. The van der Waals surface area contributed by atoms with E-state index in [1.54, 1.807) is 7.05 Å². The summed E-state index contributed by atoms with van der Waals surface area (Å²) < 4.78 is 78.4. The van der Waals surface area contributed by atoms with E-state index >= 15 is 17.6 Å². The molecule has 1 aromatic heterocycles. The molecular formula is C56H63ClF4N8O7. The molecule has 4 fully saturated rings. The molecule has 4 atom stereocenters. The predicted molar refractivity (Wildman–Crippen MR) is 277 cm³/mol. The molecule has 0 unspecified atom stereocenters. The summed E-state index contributed by atoms with van der Waals surface area (Å²) in [6.45, 7) is 7.07. The summed E-state index contributed by atoms with van der Waals surface area (Å²) >= 11 is 6.73. The minimum Gasteiger partial charge on any atom is -0.488 e. The third kappa shape index (κ3) is 9.44. The standard InChI is InChI=1S/C56H63ClF4N8O7/c1-29-24-36(67-19-16-32(17-20-67)45-39(58)26-38-51(50(45)61)66(4)65-53(38)68-21-18-43(71)64-55(68)74)25-30(2)69(29)54(73)33-10-12-35(13-11-33)63-28-56(34-8-6-5-7-9-34)31(3)44-42(76-56)27-40(59)48(57)47(44)46-37(52(62)72)14-15-41(49(46)60)75-23-22-70/h5-9,14-15,26-27,29-33,35-36,63,70H,10-13,16-25,28H2,1-4H3,(H2,62,72)(H,64,71,74)/t29-,30-,31+,33?,35?,56+/m1/s1. The number of urea groups is 1. The molecule has 5 amide bonds. The number of amides is 5. The Hall–Kier alpha value is -6.28. The zero-order chi connectivity index (χ0) is 53.9. The van der Waals surface area contributed by atoms with Crippen LogP contribution in [0.4, 0.5) is 28.2 Å². The van der Waals surface area contributed by atoms with Gasteiger partial charge in [-0.2, -0.15) is 5.10 Å². The van der Waals surface area contributed by atoms with Crippen molar-refractivity contribution in [3.05, 3.63) is 105 Å². The average Bonchev–Trinajstić information content (AvgIpc) is 3.87. The van der Waals surface area contributed by atoms with Gasteiger partial charge >= 0.3 is 6.03 Å². The maximum atomic E-state index is 16.5. The second-order valence-corrected chi connectivity index (χ2v) is 21.6. The highest BCUT2D eigenvalue weighted by atomic mass is 35.5. The van der Waals surface area contributed by atoms with E-state index in [1.165, 1.54) is 33.8 Å². The summed E-state index contributed by atoms with van der Waals surface area (Å²) in [5.74, 6) is -5.64. The number of primary amides is 1. The van der Waals surface area contributed by atoms with Gasteiger partial charge in [-0.05, 0) is 108 Å². The van der Waals surface area contributed by atoms with Crippen molar-refractivity contribution in [2.45, 2.75) is 120 Å². The number of rotatable bonds is 13. The van der Waals surface area contributed by atoms with Crippen LogP contribution in [0, 0.1) is 29.2 Å². The molecule has 5 aromatic rings. The summed E-state index contributed by atoms with van der Waals surface area (Å²) in [7, 11) is 1.56. The van der Waals surface area contributed by atoms with Crippen molar-refractivity contribution in [2.24, 2.45) is 18.7 Å². The molecule has 1 saturated carbocycles. The molecule has 404 valence electrons. The van der Waals surface area contributed by atoms with Crippen LogP contribution in [0.2, 0.25) is 5.02 Å². The molecule has 5 heterocycles. The summed E-state index contributed by atoms with van der Waals surface area (Å²) in [5, 5.41) is 19.5. The summed E-state index contributed by atoms with van der Waals surface area (Å²) in [4.78, 5) is 57.3. The number of carbonyl (C=O) groups excluding carboxylic acids is 4. The Bertz CT molecular complexity index is 3080. The number of aliphatic hydroxyl groups excluding tert-OH is 1. The third-order valence-corrected chi connectivity index (χ3v) is 17.2. The van der Waals surface area contributed by atoms with Crippen molar-refractivity contribution in [3.63, 3.8) is 0 Å². The minimum atomic E-state index is -1.15. The number of fused-ring (bicyclic) bond motifs is 2. The Balaban J connectivity index is 0.780. The number of hydrogen-bond acceptors (Lipinski definition) is 10. The number of nitrogens with one attached hydrogen (secondary N) is 2. The molecule has 0 spiro atoms. The minimum absolute atomic E-state index is 0.00743. The van der Waals surface area contributed by atoms with Crippen LogP contribution in [-0.4, -0.2) is 112 Å². The highest BCUT2D eigenvalue weighted by Gasteiger charge is 2.51. The fourth-order valence-corrected chi connectivity index (χ4v) is 13.3. The number of likely N-dealkylation sites (tertiary alicyclic amines) is 2. The number of aromatic nitrogens is 2. The Kier molecular flexibility index (Phi) is 14.9. The molecule has 5 aliphatic rings. The number of imide groups is 1. The Morgan fingerprint density at radius 3 is 2.26 bits per heavy atom. The number of nitrogens with two attached hydrogens (primary N) is 1. The van der Waals surface area contributed by atoms with Gasteiger partial charge in [0.25, 0.3) is 0 Å². The summed E-state index contributed by atoms with van der Waals surface area (Å²) in [5.41, 5.74) is 5.27. The number of anilines is 1. The average molecular weight is 1070 g/mol. The van der Waals surface area contributed by atoms with E-state index in [1.807, 2.05) is 37.3 Å². The van der Waals surface area contributed by atoms with Gasteiger partial charge < -0.3 is 35.4 Å². The smallest absolute Gasteiger partial charge is 0.329 e. The van der Waals surface area contributed by atoms with Crippen LogP contribution >= 0.6 is 11.6 Å². The lowest BCUT2D eigenvalue weighted by atomic mass is 9.77. The number of benzene rings is 4. The molecule has 20 heteroatoms. The maximum absolute atomic E-state index is 16.5. The molecular weight excluding hydrogens is 1010 g/mol. The van der Waals surface area contributed by atoms with E-state index in [9.17, 15) is 24.3 Å². The van der Waals surface area contributed by atoms with Gasteiger partial charge in [0.2, 0.25) is 17.7 Å². The first-order valence-electron chi connectivity index (χ1n) is 26.3. The van der Waals surface area contributed by atoms with E-state index < -0.39 is 64.3 Å². The number of aryl methyl sites for hydroxylation is 1. The Labute approximate surface area is 443 Å². The monoisotopic (exact) mass is 1070 g/mol. The molecule has 5 N–H and O–H groups in total. The van der Waals surface area contributed by atoms with Gasteiger partial charge in [-0.3, -0.25) is 29.3 Å². The maximum Gasteiger partial charge on any atom is 0.329 e. The summed E-state index contributed by atoms with van der Waals surface area (Å²) in [6, 6.07) is 13.9. The zero-order valence-corrected chi connectivity index (χ0v) is 43.7. The second-order valence-electron chi connectivity index (χ2n) is 21.3. The van der Waals surface area contributed by atoms with Crippen LogP contribution in [0.15, 0.2) is 54.6 Å². The fraction of sp³-hybridized carbons (Fsp3) is 0.482. The quantitative estimate of drug-likeness (QED) is 0.0834. The second kappa shape index (κ2) is 21.3. The first-order chi connectivity index (χ1) is 36.4. The molecule has 0 radical (unpaired) electrons. The van der Waals surface area contributed by atoms with Gasteiger partial charge in [-0.15, -0.1) is 0 Å². The van der Waals surface area contributed by atoms with E-state index in [4.69, 9.17) is 26.8 Å². The fourth-order valence-electron chi connectivity index (χ4n) is 13.1. The van der Waals surface area contributed by atoms with Gasteiger partial charge in [0.15, 0.2) is 28.8 Å². The van der Waals surface area contributed by atoms with E-state index in [2.05, 4.69) is 39.4 Å². The van der Waals surface area contributed by atoms with E-state index in [0.29, 0.717) is 57.2 Å². The highest BCUT2D eigenvalue weighted by Crippen LogP contribution is 2.57. The first-order valence-corrected chi connectivity index (χ1v) is 26.7. The molecule has 76 heavy (non-hydrogen) atoms. The van der Waals surface area contributed by atoms with Gasteiger partial charge in [-0.1, -0.05) is 48.9 Å². The van der Waals surface area contributed by atoms with Crippen LogP contribution in [0.25, 0.3) is 22.0 Å². The van der Waals surface area contributed by atoms with E-state index in [0.717, 1.165) is 18.4 Å². The number of aliphatic hydroxyl groups is 1. The van der Waals surface area contributed by atoms with Crippen LogP contribution < -0.4 is 30.7 Å². The molecule has 10 rings (SSSR count). The van der Waals surface area contributed by atoms with Crippen molar-refractivity contribution in [1.29, 1.82) is 0 Å². The molecule has 4 aliphatic heterocycles. The largest absolute Gasteiger partial charge is 0.488 e. The van der Waals surface area contributed by atoms with Gasteiger partial charge in [0, 0.05) is 90.9 Å². The van der Waals surface area contributed by atoms with Crippen LogP contribution in [0.1, 0.15) is 117 Å². The van der Waals surface area contributed by atoms with Gasteiger partial charge in [0.1, 0.15) is 29.5 Å². The van der Waals surface area contributed by atoms with Crippen molar-refractivity contribution in [1.82, 2.24) is 30.2 Å². The molecule has 4 aromatic carbocycles. The summed E-state index contributed by atoms with van der Waals surface area (Å²) in [6.07, 6.45) is 5.46. The lowest BCUT2D eigenvalue weighted by molar-refractivity contribution is -0.144. The predicted octanol–water partition coefficient (Wildman–Crippen LogP) is 8.55.